The maximum atomic E-state index is 12.2. The van der Waals surface area contributed by atoms with Crippen molar-refractivity contribution < 1.29 is 66.7 Å². The maximum Gasteiger partial charge on any atom is 4.00 e. The van der Waals surface area contributed by atoms with Gasteiger partial charge in [-0.15, -0.1) is 0 Å². The van der Waals surface area contributed by atoms with Crippen LogP contribution in [0.25, 0.3) is 0 Å². The summed E-state index contributed by atoms with van der Waals surface area (Å²) in [5.41, 5.74) is 1.36. The van der Waals surface area contributed by atoms with Gasteiger partial charge in [-0.1, -0.05) is 55.8 Å². The standard InChI is InChI=1S/C19H20O4.CH2O3.Ca.2O.Ti/c1-2-3-13-22-18(20)16-11-7-8-12-17(16)19(21)23-14-15-9-5-4-6-10-15;2-1(3)4;;;;/h4-12H,2-3,13-14H2,1H3;(H2,2,3,4);;;;/q;;+2;2*-2;+4/p-2. The van der Waals surface area contributed by atoms with Crippen LogP contribution in [0.2, 0.25) is 0 Å². The number of hydrogen-bond donors (Lipinski definition) is 0. The molecule has 11 heteroatoms. The van der Waals surface area contributed by atoms with Gasteiger partial charge in [-0.2, -0.15) is 0 Å². The first-order valence-electron chi connectivity index (χ1n) is 8.30. The van der Waals surface area contributed by atoms with Crippen molar-refractivity contribution in [2.75, 3.05) is 6.61 Å². The Labute approximate surface area is 225 Å². The van der Waals surface area contributed by atoms with Gasteiger partial charge in [0, 0.05) is 0 Å². The summed E-state index contributed by atoms with van der Waals surface area (Å²) >= 11 is 0. The van der Waals surface area contributed by atoms with Gasteiger partial charge in [0.15, 0.2) is 0 Å². The van der Waals surface area contributed by atoms with Crippen LogP contribution < -0.4 is 10.2 Å². The zero-order valence-corrected chi connectivity index (χ0v) is 20.7. The van der Waals surface area contributed by atoms with Gasteiger partial charge in [0.1, 0.15) is 6.61 Å². The summed E-state index contributed by atoms with van der Waals surface area (Å²) in [6.45, 7) is 2.53. The van der Waals surface area contributed by atoms with Gasteiger partial charge in [-0.05, 0) is 30.3 Å². The zero-order valence-electron chi connectivity index (χ0n) is 16.9. The fraction of sp³-hybridized carbons (Fsp3) is 0.250. The predicted octanol–water partition coefficient (Wildman–Crippen LogP) is 0.933. The number of carbonyl (C=O) groups is 3. The van der Waals surface area contributed by atoms with E-state index in [-0.39, 0.29) is 88.1 Å². The van der Waals surface area contributed by atoms with E-state index in [0.29, 0.717) is 6.61 Å². The molecular formula is C20H20CaO9Ti. The van der Waals surface area contributed by atoms with Crippen molar-refractivity contribution >= 4 is 55.8 Å². The fourth-order valence-electron chi connectivity index (χ4n) is 2.03. The van der Waals surface area contributed by atoms with E-state index in [4.69, 9.17) is 24.5 Å². The summed E-state index contributed by atoms with van der Waals surface area (Å²) in [4.78, 5) is 32.7. The second-order valence-corrected chi connectivity index (χ2v) is 5.35. The normalized spacial score (nSPS) is 8.29. The fourth-order valence-corrected chi connectivity index (χ4v) is 2.03. The van der Waals surface area contributed by atoms with Crippen LogP contribution in [0.4, 0.5) is 4.79 Å². The van der Waals surface area contributed by atoms with E-state index in [1.165, 1.54) is 0 Å². The number of carboxylic acid groups (broad SMARTS) is 2. The Morgan fingerprint density at radius 3 is 1.68 bits per heavy atom. The Bertz CT molecular complexity index is 753. The largest absolute Gasteiger partial charge is 4.00 e. The number of unbranched alkanes of at least 4 members (excludes halogenated alkanes) is 1. The van der Waals surface area contributed by atoms with Gasteiger partial charge in [0.05, 0.1) is 17.7 Å². The van der Waals surface area contributed by atoms with E-state index in [1.807, 2.05) is 37.3 Å². The monoisotopic (exact) mass is 492 g/mol. The van der Waals surface area contributed by atoms with Gasteiger partial charge in [0.25, 0.3) is 0 Å². The van der Waals surface area contributed by atoms with Crippen molar-refractivity contribution in [2.24, 2.45) is 0 Å². The van der Waals surface area contributed by atoms with Crippen LogP contribution in [0.3, 0.4) is 0 Å². The van der Waals surface area contributed by atoms with Gasteiger partial charge in [0.2, 0.25) is 0 Å². The first-order valence-corrected chi connectivity index (χ1v) is 8.30. The van der Waals surface area contributed by atoms with Crippen molar-refractivity contribution in [1.29, 1.82) is 0 Å². The average molecular weight is 492 g/mol. The second-order valence-electron chi connectivity index (χ2n) is 5.35. The van der Waals surface area contributed by atoms with Crippen LogP contribution in [0.5, 0.6) is 0 Å². The van der Waals surface area contributed by atoms with E-state index in [0.717, 1.165) is 18.4 Å². The third-order valence-corrected chi connectivity index (χ3v) is 3.31. The molecule has 0 amide bonds. The molecule has 0 radical (unpaired) electrons. The van der Waals surface area contributed by atoms with Crippen molar-refractivity contribution in [1.82, 2.24) is 0 Å². The van der Waals surface area contributed by atoms with Crippen molar-refractivity contribution in [3.05, 3.63) is 71.3 Å². The molecule has 0 aliphatic carbocycles. The van der Waals surface area contributed by atoms with Crippen LogP contribution in [0.1, 0.15) is 46.0 Å². The molecule has 0 aliphatic heterocycles. The summed E-state index contributed by atoms with van der Waals surface area (Å²) in [5, 5.41) is 16.7. The Hall–Kier alpha value is -1.46. The Balaban J connectivity index is -0.000000420. The van der Waals surface area contributed by atoms with E-state index < -0.39 is 18.1 Å². The van der Waals surface area contributed by atoms with Crippen LogP contribution in [0.15, 0.2) is 54.6 Å². The first-order chi connectivity index (χ1) is 13.0. The smallest absolute Gasteiger partial charge is 2.00 e. The molecule has 2 rings (SSSR count). The molecule has 2 aromatic rings. The number of rotatable bonds is 7. The quantitative estimate of drug-likeness (QED) is 0.314. The molecule has 0 aliphatic rings. The molecule has 0 atom stereocenters. The second kappa shape index (κ2) is 21.8. The minimum Gasteiger partial charge on any atom is -2.00 e. The number of esters is 2. The molecular weight excluding hydrogens is 472 g/mol. The minimum atomic E-state index is -2.33. The molecule has 2 aromatic carbocycles. The van der Waals surface area contributed by atoms with Gasteiger partial charge < -0.3 is 35.4 Å². The summed E-state index contributed by atoms with van der Waals surface area (Å²) in [5.74, 6) is -1.03. The molecule has 0 fully saturated rings. The van der Waals surface area contributed by atoms with Crippen LogP contribution in [-0.4, -0.2) is 62.4 Å². The van der Waals surface area contributed by atoms with E-state index in [9.17, 15) is 9.59 Å². The van der Waals surface area contributed by atoms with Crippen LogP contribution >= 0.6 is 0 Å². The molecule has 0 unspecified atom stereocenters. The molecule has 0 spiro atoms. The molecule has 0 saturated carbocycles. The average Bonchev–Trinajstić information content (AvgIpc) is 2.66. The van der Waals surface area contributed by atoms with Crippen LogP contribution in [-0.2, 0) is 48.8 Å². The van der Waals surface area contributed by atoms with Crippen molar-refractivity contribution in [2.45, 2.75) is 26.4 Å². The Morgan fingerprint density at radius 2 is 1.23 bits per heavy atom. The number of ether oxygens (including phenoxy) is 2. The molecule has 0 aromatic heterocycles. The third-order valence-electron chi connectivity index (χ3n) is 3.31. The number of benzene rings is 2. The van der Waals surface area contributed by atoms with E-state index in [2.05, 4.69) is 0 Å². The first kappa shape index (κ1) is 36.9. The predicted molar refractivity (Wildman–Crippen MR) is 99.7 cm³/mol. The summed E-state index contributed by atoms with van der Waals surface area (Å²) in [7, 11) is 0. The van der Waals surface area contributed by atoms with E-state index >= 15 is 0 Å². The third kappa shape index (κ3) is 15.9. The van der Waals surface area contributed by atoms with E-state index in [1.54, 1.807) is 24.3 Å². The topological polar surface area (TPSA) is 173 Å². The molecule has 160 valence electrons. The van der Waals surface area contributed by atoms with Crippen molar-refractivity contribution in [3.8, 4) is 0 Å². The van der Waals surface area contributed by atoms with Crippen molar-refractivity contribution in [3.63, 3.8) is 0 Å². The number of carbonyl (C=O) groups excluding carboxylic acids is 3. The molecule has 31 heavy (non-hydrogen) atoms. The SMILES string of the molecule is CCCCOC(=O)c1ccccc1C(=O)OCc1ccccc1.O=C([O-])[O-].[Ca+2].[O-2].[O-2].[Ti+4]. The molecule has 0 bridgehead atoms. The van der Waals surface area contributed by atoms with Gasteiger partial charge in [-0.3, -0.25) is 0 Å². The Morgan fingerprint density at radius 1 is 0.806 bits per heavy atom. The maximum absolute atomic E-state index is 12.2. The minimum absolute atomic E-state index is 0. The number of hydrogen-bond acceptors (Lipinski definition) is 7. The Kier molecular flexibility index (Phi) is 25.9. The molecule has 0 heterocycles. The van der Waals surface area contributed by atoms with Crippen LogP contribution in [0, 0.1) is 0 Å². The molecule has 9 nitrogen and oxygen atoms in total. The van der Waals surface area contributed by atoms with Gasteiger partial charge in [-0.25, -0.2) is 9.59 Å². The zero-order chi connectivity index (χ0) is 20.1. The summed E-state index contributed by atoms with van der Waals surface area (Å²) in [6.07, 6.45) is -0.597. The molecule has 0 N–H and O–H groups in total. The summed E-state index contributed by atoms with van der Waals surface area (Å²) < 4.78 is 10.5. The molecule has 0 saturated heterocycles. The van der Waals surface area contributed by atoms with Gasteiger partial charge >= 0.3 is 71.4 Å². The summed E-state index contributed by atoms with van der Waals surface area (Å²) in [6, 6.07) is 15.9.